The second kappa shape index (κ2) is 8.85. The molecule has 0 bridgehead atoms. The lowest BCUT2D eigenvalue weighted by Gasteiger charge is -2.44. The standard InChI is InChI=1S/C25H27NO2/c1-20(25(27)28)24(23-16-10-5-11-17-23)26(2,18-21-12-6-3-7-13-21)19-22-14-8-4-9-15-22/h3-17,20,24H,18-19H2,1-2H3/p+1/t20-,24?/m1/s1. The Morgan fingerprint density at radius 3 is 1.57 bits per heavy atom. The maximum atomic E-state index is 12.1. The van der Waals surface area contributed by atoms with Gasteiger partial charge in [-0.25, -0.2) is 0 Å². The molecule has 0 aromatic heterocycles. The fourth-order valence-electron chi connectivity index (χ4n) is 4.23. The van der Waals surface area contributed by atoms with E-state index in [2.05, 4.69) is 43.4 Å². The molecule has 1 unspecified atom stereocenters. The quantitative estimate of drug-likeness (QED) is 0.544. The summed E-state index contributed by atoms with van der Waals surface area (Å²) >= 11 is 0. The highest BCUT2D eigenvalue weighted by Gasteiger charge is 2.41. The number of carboxylic acids is 1. The van der Waals surface area contributed by atoms with E-state index in [1.165, 1.54) is 11.1 Å². The summed E-state index contributed by atoms with van der Waals surface area (Å²) in [6, 6.07) is 30.6. The Kier molecular flexibility index (Phi) is 6.27. The van der Waals surface area contributed by atoms with Gasteiger partial charge in [-0.3, -0.25) is 4.79 Å². The van der Waals surface area contributed by atoms with Crippen molar-refractivity contribution >= 4 is 5.97 Å². The predicted octanol–water partition coefficient (Wildman–Crippen LogP) is 5.30. The molecule has 0 amide bonds. The monoisotopic (exact) mass is 374 g/mol. The Hall–Kier alpha value is -2.91. The first-order chi connectivity index (χ1) is 13.5. The zero-order valence-electron chi connectivity index (χ0n) is 16.5. The highest BCUT2D eigenvalue weighted by atomic mass is 16.4. The number of hydrogen-bond donors (Lipinski definition) is 1. The van der Waals surface area contributed by atoms with Gasteiger partial charge in [-0.05, 0) is 6.92 Å². The van der Waals surface area contributed by atoms with Gasteiger partial charge in [0.1, 0.15) is 25.0 Å². The van der Waals surface area contributed by atoms with E-state index in [9.17, 15) is 9.90 Å². The third-order valence-corrected chi connectivity index (χ3v) is 5.45. The van der Waals surface area contributed by atoms with Gasteiger partial charge < -0.3 is 9.59 Å². The first-order valence-electron chi connectivity index (χ1n) is 9.69. The van der Waals surface area contributed by atoms with Crippen LogP contribution >= 0.6 is 0 Å². The second-order valence-corrected chi connectivity index (χ2v) is 7.75. The lowest BCUT2D eigenvalue weighted by molar-refractivity contribution is -0.967. The van der Waals surface area contributed by atoms with Crippen LogP contribution in [0.1, 0.15) is 29.7 Å². The number of quaternary nitrogens is 1. The summed E-state index contributed by atoms with van der Waals surface area (Å²) in [6.45, 7) is 3.34. The van der Waals surface area contributed by atoms with Gasteiger partial charge in [0.05, 0.1) is 7.05 Å². The Morgan fingerprint density at radius 2 is 1.18 bits per heavy atom. The molecule has 0 saturated heterocycles. The van der Waals surface area contributed by atoms with Crippen molar-refractivity contribution in [2.45, 2.75) is 26.1 Å². The van der Waals surface area contributed by atoms with E-state index in [1.54, 1.807) is 0 Å². The van der Waals surface area contributed by atoms with Gasteiger partial charge in [0.2, 0.25) is 0 Å². The molecule has 2 atom stereocenters. The van der Waals surface area contributed by atoms with Gasteiger partial charge in [0, 0.05) is 16.7 Å². The summed E-state index contributed by atoms with van der Waals surface area (Å²) in [5.41, 5.74) is 3.48. The van der Waals surface area contributed by atoms with Crippen LogP contribution in [-0.2, 0) is 17.9 Å². The molecule has 3 rings (SSSR count). The summed E-state index contributed by atoms with van der Waals surface area (Å²) in [4.78, 5) is 12.1. The van der Waals surface area contributed by atoms with Crippen molar-refractivity contribution in [3.8, 4) is 0 Å². The summed E-state index contributed by atoms with van der Waals surface area (Å²) in [7, 11) is 2.18. The zero-order valence-corrected chi connectivity index (χ0v) is 16.5. The Morgan fingerprint density at radius 1 is 0.786 bits per heavy atom. The number of nitrogens with zero attached hydrogens (tertiary/aromatic N) is 1. The van der Waals surface area contributed by atoms with Crippen LogP contribution in [-0.4, -0.2) is 22.6 Å². The average molecular weight is 375 g/mol. The molecule has 3 aromatic carbocycles. The summed E-state index contributed by atoms with van der Waals surface area (Å²) < 4.78 is 0.589. The van der Waals surface area contributed by atoms with Crippen LogP contribution in [0.4, 0.5) is 0 Å². The van der Waals surface area contributed by atoms with Crippen molar-refractivity contribution < 1.29 is 14.4 Å². The number of carbonyl (C=O) groups is 1. The van der Waals surface area contributed by atoms with Gasteiger partial charge in [-0.15, -0.1) is 0 Å². The lowest BCUT2D eigenvalue weighted by Crippen LogP contribution is -2.49. The van der Waals surface area contributed by atoms with Crippen molar-refractivity contribution in [1.82, 2.24) is 0 Å². The number of rotatable bonds is 8. The molecule has 0 saturated carbocycles. The first-order valence-corrected chi connectivity index (χ1v) is 9.69. The van der Waals surface area contributed by atoms with Crippen molar-refractivity contribution in [3.63, 3.8) is 0 Å². The molecule has 0 aliphatic rings. The van der Waals surface area contributed by atoms with E-state index in [0.717, 1.165) is 18.7 Å². The maximum absolute atomic E-state index is 12.1. The van der Waals surface area contributed by atoms with Crippen LogP contribution in [0.15, 0.2) is 91.0 Å². The number of benzene rings is 3. The Labute approximate surface area is 167 Å². The SMILES string of the molecule is C[C@@H](C(=O)O)C(c1ccccc1)[N+](C)(Cc1ccccc1)Cc1ccccc1. The normalized spacial score (nSPS) is 13.6. The van der Waals surface area contributed by atoms with Gasteiger partial charge in [0.25, 0.3) is 0 Å². The zero-order chi connectivity index (χ0) is 20.0. The average Bonchev–Trinajstić information content (AvgIpc) is 2.70. The molecule has 0 fully saturated rings. The van der Waals surface area contributed by atoms with Crippen LogP contribution < -0.4 is 0 Å². The summed E-state index contributed by atoms with van der Waals surface area (Å²) in [5, 5.41) is 9.90. The van der Waals surface area contributed by atoms with E-state index in [-0.39, 0.29) is 6.04 Å². The summed E-state index contributed by atoms with van der Waals surface area (Å²) in [5.74, 6) is -1.28. The molecule has 3 aromatic rings. The molecule has 0 heterocycles. The molecule has 0 aliphatic heterocycles. The first kappa shape index (κ1) is 19.8. The molecule has 0 radical (unpaired) electrons. The van der Waals surface area contributed by atoms with E-state index >= 15 is 0 Å². The molecule has 144 valence electrons. The van der Waals surface area contributed by atoms with E-state index < -0.39 is 11.9 Å². The molecule has 0 spiro atoms. The number of hydrogen-bond acceptors (Lipinski definition) is 1. The maximum Gasteiger partial charge on any atom is 0.312 e. The second-order valence-electron chi connectivity index (χ2n) is 7.75. The lowest BCUT2D eigenvalue weighted by atomic mass is 9.89. The van der Waals surface area contributed by atoms with Gasteiger partial charge in [-0.2, -0.15) is 0 Å². The minimum atomic E-state index is -0.765. The number of aliphatic carboxylic acids is 1. The highest BCUT2D eigenvalue weighted by molar-refractivity contribution is 5.70. The molecule has 3 nitrogen and oxygen atoms in total. The van der Waals surface area contributed by atoms with Crippen molar-refractivity contribution in [3.05, 3.63) is 108 Å². The van der Waals surface area contributed by atoms with Crippen LogP contribution in [0.3, 0.4) is 0 Å². The Bertz CT molecular complexity index is 837. The van der Waals surface area contributed by atoms with Crippen LogP contribution in [0.25, 0.3) is 0 Å². The minimum Gasteiger partial charge on any atom is -0.481 e. The fraction of sp³-hybridized carbons (Fsp3) is 0.240. The molecule has 3 heteroatoms. The molecule has 0 aliphatic carbocycles. The molecular formula is C25H28NO2+. The van der Waals surface area contributed by atoms with E-state index in [1.807, 2.05) is 61.5 Å². The van der Waals surface area contributed by atoms with Gasteiger partial charge >= 0.3 is 5.97 Å². The number of carboxylic acid groups (broad SMARTS) is 1. The fourth-order valence-corrected chi connectivity index (χ4v) is 4.23. The van der Waals surface area contributed by atoms with Crippen molar-refractivity contribution in [2.24, 2.45) is 5.92 Å². The van der Waals surface area contributed by atoms with Gasteiger partial charge in [-0.1, -0.05) is 91.0 Å². The van der Waals surface area contributed by atoms with Crippen LogP contribution in [0, 0.1) is 5.92 Å². The topological polar surface area (TPSA) is 37.3 Å². The minimum absolute atomic E-state index is 0.167. The van der Waals surface area contributed by atoms with E-state index in [0.29, 0.717) is 4.48 Å². The van der Waals surface area contributed by atoms with Crippen LogP contribution in [0.5, 0.6) is 0 Å². The third kappa shape index (κ3) is 4.68. The van der Waals surface area contributed by atoms with Crippen LogP contribution in [0.2, 0.25) is 0 Å². The van der Waals surface area contributed by atoms with Crippen molar-refractivity contribution in [2.75, 3.05) is 7.05 Å². The summed E-state index contributed by atoms with van der Waals surface area (Å²) in [6.07, 6.45) is 0. The largest absolute Gasteiger partial charge is 0.481 e. The molecule has 28 heavy (non-hydrogen) atoms. The van der Waals surface area contributed by atoms with Gasteiger partial charge in [0.15, 0.2) is 0 Å². The molecular weight excluding hydrogens is 346 g/mol. The van der Waals surface area contributed by atoms with E-state index in [4.69, 9.17) is 0 Å². The third-order valence-electron chi connectivity index (χ3n) is 5.45. The Balaban J connectivity index is 2.09. The smallest absolute Gasteiger partial charge is 0.312 e. The highest BCUT2D eigenvalue weighted by Crippen LogP contribution is 2.37. The molecule has 1 N–H and O–H groups in total. The predicted molar refractivity (Wildman–Crippen MR) is 112 cm³/mol. The van der Waals surface area contributed by atoms with Crippen molar-refractivity contribution in [1.29, 1.82) is 0 Å².